The van der Waals surface area contributed by atoms with Gasteiger partial charge in [-0.2, -0.15) is 0 Å². The fraction of sp³-hybridized carbons (Fsp3) is 1.00. The average Bonchev–Trinajstić information content (AvgIpc) is 3.01. The van der Waals surface area contributed by atoms with Gasteiger partial charge in [-0.05, 0) is 6.92 Å². The Kier molecular flexibility index (Phi) is 15.6. The number of hydrogen-bond acceptors (Lipinski definition) is 19. The number of methoxy groups -OCH3 is 6. The van der Waals surface area contributed by atoms with Gasteiger partial charge in [-0.1, -0.05) is 0 Å². The third-order valence-electron chi connectivity index (χ3n) is 8.29. The van der Waals surface area contributed by atoms with Gasteiger partial charge in [-0.25, -0.2) is 8.42 Å². The maximum atomic E-state index is 12.4. The van der Waals surface area contributed by atoms with Crippen LogP contribution in [0.25, 0.3) is 0 Å². The molecule has 47 heavy (non-hydrogen) atoms. The number of hydrogen-bond donors (Lipinski definition) is 4. The molecule has 0 bridgehead atoms. The molecule has 3 rings (SSSR count). The van der Waals surface area contributed by atoms with Crippen LogP contribution in [-0.2, 0) is 67.0 Å². The first-order valence-electron chi connectivity index (χ1n) is 14.9. The minimum absolute atomic E-state index is 0.130. The fourth-order valence-corrected chi connectivity index (χ4v) is 6.88. The van der Waals surface area contributed by atoms with E-state index in [0.717, 1.165) is 0 Å². The second kappa shape index (κ2) is 18.0. The van der Waals surface area contributed by atoms with Gasteiger partial charge in [0, 0.05) is 42.7 Å². The van der Waals surface area contributed by atoms with Crippen LogP contribution in [0.5, 0.6) is 0 Å². The van der Waals surface area contributed by atoms with E-state index in [0.29, 0.717) is 0 Å². The molecule has 0 aromatic carbocycles. The molecule has 3 aliphatic heterocycles. The Morgan fingerprint density at radius 2 is 1.26 bits per heavy atom. The summed E-state index contributed by atoms with van der Waals surface area (Å²) in [6, 6.07) is 0. The molecule has 19 nitrogen and oxygen atoms in total. The van der Waals surface area contributed by atoms with Crippen LogP contribution in [0.4, 0.5) is 0 Å². The van der Waals surface area contributed by atoms with Gasteiger partial charge in [-0.3, -0.25) is 0 Å². The summed E-state index contributed by atoms with van der Waals surface area (Å²) in [7, 11) is 2.85. The topological polar surface area (TPSA) is 249 Å². The second-order valence-electron chi connectivity index (χ2n) is 11.4. The van der Waals surface area contributed by atoms with Crippen LogP contribution in [0.3, 0.4) is 0 Å². The molecule has 3 fully saturated rings. The van der Waals surface area contributed by atoms with E-state index in [1.54, 1.807) is 0 Å². The van der Waals surface area contributed by atoms with Crippen molar-refractivity contribution in [2.24, 2.45) is 0 Å². The minimum atomic E-state index is -5.10. The van der Waals surface area contributed by atoms with Gasteiger partial charge in [0.15, 0.2) is 12.6 Å². The lowest BCUT2D eigenvalue weighted by Gasteiger charge is -2.54. The summed E-state index contributed by atoms with van der Waals surface area (Å²) in [5.41, 5.74) is 0. The third kappa shape index (κ3) is 9.54. The molecule has 3 heterocycles. The van der Waals surface area contributed by atoms with Crippen molar-refractivity contribution in [3.63, 3.8) is 0 Å². The molecular weight excluding hydrogens is 660 g/mol. The van der Waals surface area contributed by atoms with Crippen molar-refractivity contribution in [2.75, 3.05) is 74.8 Å². The molecule has 3 saturated heterocycles. The zero-order chi connectivity index (χ0) is 35.1. The largest absolute Gasteiger partial charge is 0.748 e. The van der Waals surface area contributed by atoms with Gasteiger partial charge in [0.1, 0.15) is 67.1 Å². The Labute approximate surface area is 273 Å². The Morgan fingerprint density at radius 3 is 1.79 bits per heavy atom. The van der Waals surface area contributed by atoms with Crippen LogP contribution in [-0.4, -0.2) is 200 Å². The molecule has 0 amide bonds. The quantitative estimate of drug-likeness (QED) is 0.0838. The highest BCUT2D eigenvalue weighted by molar-refractivity contribution is 7.85. The predicted octanol–water partition coefficient (Wildman–Crippen LogP) is -3.69. The van der Waals surface area contributed by atoms with E-state index in [2.05, 4.69) is 0 Å². The van der Waals surface area contributed by atoms with E-state index in [1.807, 2.05) is 0 Å². The molecular formula is C27H49O19S-. The molecule has 3 aliphatic rings. The van der Waals surface area contributed by atoms with E-state index in [1.165, 1.54) is 49.6 Å². The van der Waals surface area contributed by atoms with Crippen LogP contribution in [0.15, 0.2) is 0 Å². The van der Waals surface area contributed by atoms with E-state index in [4.69, 9.17) is 56.8 Å². The SMILES string of the molecule is COC[C@H]1O[C@@H](OCCO[C@@H]2O[C@@H](C)[C@@H](O)[C@@H](O)[C@@H]2O)[C@H](OC)[C@@H](O[C@@]2(CS(=O)(=O)[O-])O[C@H](COC)[C@@H](OC)[C@H](OC)[C@H]2OC)[C@H]1O. The van der Waals surface area contributed by atoms with Crippen molar-refractivity contribution < 1.29 is 90.2 Å². The Hall–Kier alpha value is -0.730. The molecule has 0 aliphatic carbocycles. The summed E-state index contributed by atoms with van der Waals surface area (Å²) < 4.78 is 105. The van der Waals surface area contributed by atoms with Gasteiger partial charge in [0.05, 0.1) is 48.4 Å². The minimum Gasteiger partial charge on any atom is -0.748 e. The lowest BCUT2D eigenvalue weighted by Crippen LogP contribution is -2.72. The maximum absolute atomic E-state index is 12.4. The molecule has 0 aromatic rings. The van der Waals surface area contributed by atoms with Crippen molar-refractivity contribution in [3.05, 3.63) is 0 Å². The van der Waals surface area contributed by atoms with Crippen LogP contribution < -0.4 is 0 Å². The van der Waals surface area contributed by atoms with Crippen LogP contribution >= 0.6 is 0 Å². The summed E-state index contributed by atoms with van der Waals surface area (Å²) in [5.74, 6) is -3.66. The van der Waals surface area contributed by atoms with Crippen molar-refractivity contribution >= 4 is 10.1 Å². The van der Waals surface area contributed by atoms with Gasteiger partial charge in [0.2, 0.25) is 5.79 Å². The molecule has 20 heteroatoms. The standard InChI is InChI=1S/C27H50O19S/c1-13-16(28)18(30)19(31)25(43-13)41-8-9-42-26-23(39-6)21(17(29)14(44-26)10-35-2)46-27(12-47(32,33)34)24(40-7)22(38-5)20(37-4)15(45-27)11-36-3/h13-26,28-31H,8-12H2,1-7H3,(H,32,33,34)/p-1/t13-,14+,15+,16+,17-,18+,19-,20+,21-,22-,23+,24+,25+,26+,27+/m0/s1. The van der Waals surface area contributed by atoms with E-state index in [-0.39, 0.29) is 26.4 Å². The highest BCUT2D eigenvalue weighted by Gasteiger charge is 2.61. The maximum Gasteiger partial charge on any atom is 0.211 e. The van der Waals surface area contributed by atoms with Crippen molar-refractivity contribution in [2.45, 2.75) is 98.5 Å². The van der Waals surface area contributed by atoms with Gasteiger partial charge < -0.3 is 81.8 Å². The lowest BCUT2D eigenvalue weighted by atomic mass is 9.91. The molecule has 4 N–H and O–H groups in total. The summed E-state index contributed by atoms with van der Waals surface area (Å²) >= 11 is 0. The second-order valence-corrected chi connectivity index (χ2v) is 12.8. The molecule has 0 spiro atoms. The molecule has 0 unspecified atom stereocenters. The first-order chi connectivity index (χ1) is 22.2. The summed E-state index contributed by atoms with van der Waals surface area (Å²) in [6.07, 6.45) is -17.5. The Balaban J connectivity index is 1.90. The summed E-state index contributed by atoms with van der Waals surface area (Å²) in [5, 5.41) is 41.6. The van der Waals surface area contributed by atoms with Gasteiger partial charge in [-0.15, -0.1) is 0 Å². The van der Waals surface area contributed by atoms with Gasteiger partial charge in [0.25, 0.3) is 0 Å². The number of ether oxygens (including phenoxy) is 12. The summed E-state index contributed by atoms with van der Waals surface area (Å²) in [4.78, 5) is 0. The van der Waals surface area contributed by atoms with Crippen LogP contribution in [0.1, 0.15) is 6.92 Å². The van der Waals surface area contributed by atoms with Crippen molar-refractivity contribution in [1.82, 2.24) is 0 Å². The first kappa shape index (κ1) is 40.7. The highest BCUT2D eigenvalue weighted by Crippen LogP contribution is 2.40. The van der Waals surface area contributed by atoms with E-state index >= 15 is 0 Å². The number of aliphatic hydroxyl groups is 4. The zero-order valence-corrected chi connectivity index (χ0v) is 28.3. The lowest BCUT2D eigenvalue weighted by molar-refractivity contribution is -0.404. The molecule has 0 saturated carbocycles. The van der Waals surface area contributed by atoms with Gasteiger partial charge >= 0.3 is 0 Å². The molecule has 0 aromatic heterocycles. The Bertz CT molecular complexity index is 1040. The first-order valence-corrected chi connectivity index (χ1v) is 16.4. The molecule has 278 valence electrons. The summed E-state index contributed by atoms with van der Waals surface area (Å²) in [6.45, 7) is 0.796. The smallest absolute Gasteiger partial charge is 0.211 e. The predicted molar refractivity (Wildman–Crippen MR) is 153 cm³/mol. The van der Waals surface area contributed by atoms with Crippen LogP contribution in [0, 0.1) is 0 Å². The average molecular weight is 710 g/mol. The Morgan fingerprint density at radius 1 is 0.681 bits per heavy atom. The highest BCUT2D eigenvalue weighted by atomic mass is 32.2. The van der Waals surface area contributed by atoms with E-state index < -0.39 is 107 Å². The number of aliphatic hydroxyl groups excluding tert-OH is 4. The van der Waals surface area contributed by atoms with E-state index in [9.17, 15) is 33.4 Å². The van der Waals surface area contributed by atoms with Crippen molar-refractivity contribution in [1.29, 1.82) is 0 Å². The zero-order valence-electron chi connectivity index (χ0n) is 27.4. The normalized spacial score (nSPS) is 43.2. The fourth-order valence-electron chi connectivity index (χ4n) is 6.09. The third-order valence-corrected chi connectivity index (χ3v) is 9.05. The van der Waals surface area contributed by atoms with Crippen LogP contribution in [0.2, 0.25) is 0 Å². The molecule has 0 radical (unpaired) electrons. The monoisotopic (exact) mass is 709 g/mol. The van der Waals surface area contributed by atoms with Crippen molar-refractivity contribution in [3.8, 4) is 0 Å². The number of rotatable bonds is 17. The molecule has 15 atom stereocenters.